The largest absolute Gasteiger partial charge is 0.354 e. The number of hydrogen-bond acceptors (Lipinski definition) is 6. The van der Waals surface area contributed by atoms with Crippen molar-refractivity contribution in [1.29, 1.82) is 0 Å². The summed E-state index contributed by atoms with van der Waals surface area (Å²) in [5.74, 6) is 2.82. The number of aromatic nitrogens is 2. The number of nitrogens with one attached hydrogen (secondary N) is 1. The molecular formula is C45H73N5O. The van der Waals surface area contributed by atoms with Crippen molar-refractivity contribution in [1.82, 2.24) is 14.9 Å². The molecule has 6 heteroatoms. The first kappa shape index (κ1) is 47.4. The molecule has 0 saturated heterocycles. The number of carbonyl (C=O) groups excluding carboxylic acids is 1. The van der Waals surface area contributed by atoms with Crippen LogP contribution < -0.4 is 5.32 Å². The minimum absolute atomic E-state index is 0.000508. The van der Waals surface area contributed by atoms with Gasteiger partial charge in [0.25, 0.3) is 0 Å². The van der Waals surface area contributed by atoms with Crippen molar-refractivity contribution in [3.8, 4) is 0 Å². The van der Waals surface area contributed by atoms with E-state index in [4.69, 9.17) is 0 Å². The first-order chi connectivity index (χ1) is 24.4. The van der Waals surface area contributed by atoms with E-state index in [-0.39, 0.29) is 5.78 Å². The maximum atomic E-state index is 11.0. The molecule has 1 aromatic heterocycles. The number of rotatable bonds is 13. The number of Topliss-reactive ketones (excluding diaryl/α,β-unsaturated/α-hetero) is 1. The summed E-state index contributed by atoms with van der Waals surface area (Å²) in [5.41, 5.74) is 6.89. The lowest BCUT2D eigenvalue weighted by molar-refractivity contribution is 0.101. The van der Waals surface area contributed by atoms with E-state index in [9.17, 15) is 4.79 Å². The Balaban J connectivity index is 0.000000675. The molecule has 4 rings (SSSR count). The first-order valence-electron chi connectivity index (χ1n) is 19.5. The molecule has 2 heterocycles. The lowest BCUT2D eigenvalue weighted by Gasteiger charge is -2.19. The van der Waals surface area contributed by atoms with Crippen LogP contribution in [0.5, 0.6) is 0 Å². The number of nitrogens with zero attached hydrogens (tertiary/aromatic N) is 4. The third-order valence-corrected chi connectivity index (χ3v) is 8.62. The molecule has 0 radical (unpaired) electrons. The first-order valence-corrected chi connectivity index (χ1v) is 19.5. The van der Waals surface area contributed by atoms with Gasteiger partial charge < -0.3 is 10.2 Å². The zero-order chi connectivity index (χ0) is 38.6. The highest BCUT2D eigenvalue weighted by Crippen LogP contribution is 2.19. The van der Waals surface area contributed by atoms with Crippen LogP contribution in [0.2, 0.25) is 0 Å². The summed E-state index contributed by atoms with van der Waals surface area (Å²) in [6.07, 6.45) is 12.3. The van der Waals surface area contributed by atoms with E-state index < -0.39 is 0 Å². The number of hydrogen-bond donors (Lipinski definition) is 1. The van der Waals surface area contributed by atoms with Crippen LogP contribution >= 0.6 is 0 Å². The second-order valence-electron chi connectivity index (χ2n) is 13.5. The molecule has 3 unspecified atom stereocenters. The Hall–Kier alpha value is -3.64. The van der Waals surface area contributed by atoms with Gasteiger partial charge in [0.15, 0.2) is 5.78 Å². The van der Waals surface area contributed by atoms with Gasteiger partial charge in [0, 0.05) is 38.6 Å². The number of ketones is 1. The highest BCUT2D eigenvalue weighted by Gasteiger charge is 2.08. The molecule has 284 valence electrons. The van der Waals surface area contributed by atoms with Crippen LogP contribution in [0.25, 0.3) is 0 Å². The van der Waals surface area contributed by atoms with Crippen LogP contribution in [-0.2, 0) is 6.42 Å². The quantitative estimate of drug-likeness (QED) is 0.180. The summed E-state index contributed by atoms with van der Waals surface area (Å²) < 4.78 is 0. The lowest BCUT2D eigenvalue weighted by atomic mass is 9.97. The Bertz CT molecular complexity index is 1380. The van der Waals surface area contributed by atoms with Crippen molar-refractivity contribution >= 4 is 17.9 Å². The van der Waals surface area contributed by atoms with Crippen molar-refractivity contribution in [2.75, 3.05) is 38.5 Å². The Labute approximate surface area is 313 Å². The highest BCUT2D eigenvalue weighted by atomic mass is 16.1. The number of carbonyl (C=O) groups is 1. The van der Waals surface area contributed by atoms with Gasteiger partial charge in [-0.1, -0.05) is 141 Å². The average molecular weight is 700 g/mol. The fourth-order valence-electron chi connectivity index (χ4n) is 5.21. The van der Waals surface area contributed by atoms with E-state index in [0.29, 0.717) is 23.3 Å². The van der Waals surface area contributed by atoms with Gasteiger partial charge in [0.2, 0.25) is 5.95 Å². The SMILES string of the molecule is CC.CC1C=C(CN(C)CCc2ccccc2)C=NC1.CCC(C)c1cccc(C)c1.CCCC(C)CC.CCNc1ncc(C(C)=O)c(C)n1. The zero-order valence-electron chi connectivity index (χ0n) is 34.7. The Morgan fingerprint density at radius 1 is 0.980 bits per heavy atom. The number of anilines is 1. The van der Waals surface area contributed by atoms with E-state index >= 15 is 0 Å². The van der Waals surface area contributed by atoms with E-state index in [1.54, 1.807) is 13.1 Å². The Morgan fingerprint density at radius 3 is 2.18 bits per heavy atom. The predicted molar refractivity (Wildman–Crippen MR) is 225 cm³/mol. The van der Waals surface area contributed by atoms with Crippen LogP contribution in [0.4, 0.5) is 5.95 Å². The van der Waals surface area contributed by atoms with Crippen molar-refractivity contribution in [3.05, 3.63) is 100 Å². The smallest absolute Gasteiger partial charge is 0.222 e. The van der Waals surface area contributed by atoms with E-state index in [0.717, 1.165) is 44.2 Å². The molecular weight excluding hydrogens is 627 g/mol. The van der Waals surface area contributed by atoms with Crippen LogP contribution in [-0.4, -0.2) is 60.1 Å². The summed E-state index contributed by atoms with van der Waals surface area (Å²) in [6, 6.07) is 19.4. The summed E-state index contributed by atoms with van der Waals surface area (Å²) in [5, 5.41) is 2.98. The van der Waals surface area contributed by atoms with Gasteiger partial charge in [0.05, 0.1) is 11.3 Å². The number of aryl methyl sites for hydroxylation is 2. The van der Waals surface area contributed by atoms with Crippen molar-refractivity contribution in [2.24, 2.45) is 16.8 Å². The Morgan fingerprint density at radius 2 is 1.67 bits per heavy atom. The van der Waals surface area contributed by atoms with Crippen LogP contribution in [0.1, 0.15) is 134 Å². The van der Waals surface area contributed by atoms with Gasteiger partial charge in [-0.05, 0) is 82.0 Å². The average Bonchev–Trinajstić information content (AvgIpc) is 3.12. The maximum absolute atomic E-state index is 11.0. The molecule has 0 amide bonds. The molecule has 3 aromatic rings. The standard InChI is InChI=1S/C16H22N2.C11H16.C9H13N3O.C7H16.C2H6/c1-14-10-16(12-17-11-14)13-18(2)9-8-15-6-4-3-5-7-15;1-4-10(3)11-7-5-6-9(2)8-11;1-4-10-9-11-5-8(7(3)13)6(2)12-9;1-4-6-7(3)5-2;1-2/h3-7,10,12,14H,8-9,11,13H2,1-2H3;5-8,10H,4H2,1-3H3;5H,4H2,1-3H3,(H,10,11,12);7H,4-6H2,1-3H3;1-2H3. The number of aliphatic imine (C=N–C) groups is 1. The molecule has 0 spiro atoms. The van der Waals surface area contributed by atoms with Gasteiger partial charge in [-0.2, -0.15) is 0 Å². The van der Waals surface area contributed by atoms with E-state index in [1.807, 2.05) is 27.0 Å². The predicted octanol–water partition coefficient (Wildman–Crippen LogP) is 11.6. The topological polar surface area (TPSA) is 70.5 Å². The number of benzene rings is 2. The fraction of sp³-hybridized carbons (Fsp3) is 0.556. The summed E-state index contributed by atoms with van der Waals surface area (Å²) >= 11 is 0. The third kappa shape index (κ3) is 22.0. The molecule has 0 saturated carbocycles. The molecule has 0 bridgehead atoms. The second-order valence-corrected chi connectivity index (χ2v) is 13.5. The summed E-state index contributed by atoms with van der Waals surface area (Å²) in [4.78, 5) is 25.9. The van der Waals surface area contributed by atoms with Gasteiger partial charge in [-0.3, -0.25) is 9.79 Å². The molecule has 2 aromatic carbocycles. The minimum atomic E-state index is 0.000508. The van der Waals surface area contributed by atoms with Gasteiger partial charge in [0.1, 0.15) is 0 Å². The molecule has 6 nitrogen and oxygen atoms in total. The third-order valence-electron chi connectivity index (χ3n) is 8.62. The van der Waals surface area contributed by atoms with Crippen molar-refractivity contribution in [3.63, 3.8) is 0 Å². The normalized spacial score (nSPS) is 14.1. The molecule has 51 heavy (non-hydrogen) atoms. The molecule has 3 atom stereocenters. The van der Waals surface area contributed by atoms with Crippen LogP contribution in [0.15, 0.2) is 77.4 Å². The summed E-state index contributed by atoms with van der Waals surface area (Å²) in [7, 11) is 2.18. The molecule has 1 aliphatic rings. The minimum Gasteiger partial charge on any atom is -0.354 e. The molecule has 0 fully saturated rings. The molecule has 1 aliphatic heterocycles. The number of likely N-dealkylation sites (N-methyl/N-ethyl adjacent to an activating group) is 1. The Kier molecular flexibility index (Phi) is 26.9. The van der Waals surface area contributed by atoms with Gasteiger partial charge in [-0.15, -0.1) is 0 Å². The second kappa shape index (κ2) is 29.0. The van der Waals surface area contributed by atoms with Gasteiger partial charge in [-0.25, -0.2) is 9.97 Å². The molecule has 0 aliphatic carbocycles. The maximum Gasteiger partial charge on any atom is 0.222 e. The monoisotopic (exact) mass is 700 g/mol. The van der Waals surface area contributed by atoms with E-state index in [1.165, 1.54) is 54.9 Å². The molecule has 1 N–H and O–H groups in total. The van der Waals surface area contributed by atoms with Crippen molar-refractivity contribution < 1.29 is 4.79 Å². The van der Waals surface area contributed by atoms with Gasteiger partial charge >= 0.3 is 0 Å². The number of dihydropyridines is 1. The van der Waals surface area contributed by atoms with Crippen molar-refractivity contribution in [2.45, 2.75) is 121 Å². The fourth-order valence-corrected chi connectivity index (χ4v) is 5.21. The van der Waals surface area contributed by atoms with Crippen LogP contribution in [0, 0.1) is 25.7 Å². The van der Waals surface area contributed by atoms with E-state index in [2.05, 4.69) is 141 Å². The lowest BCUT2D eigenvalue weighted by Crippen LogP contribution is -2.25. The summed E-state index contributed by atoms with van der Waals surface area (Å²) in [6.45, 7) is 28.8. The highest BCUT2D eigenvalue weighted by molar-refractivity contribution is 5.94. The van der Waals surface area contributed by atoms with Crippen LogP contribution in [0.3, 0.4) is 0 Å². The zero-order valence-corrected chi connectivity index (χ0v) is 34.7.